The third kappa shape index (κ3) is 11.5. The SMILES string of the molecule is Cc1cc(CC(=O)O)c(C)c(Sc2c(C)c(CC(=O)O)c(CC(=O)O)c(C)c2CC(=O)O)c1.O=C(O)Cc1[c]cc(Sc2c[c][c]cc2)cc1. The van der Waals surface area contributed by atoms with Crippen LogP contribution < -0.4 is 0 Å². The molecule has 0 atom stereocenters. The van der Waals surface area contributed by atoms with E-state index in [-0.39, 0.29) is 19.3 Å². The quantitative estimate of drug-likeness (QED) is 0.0963. The molecular formula is C38H35O10S2. The summed E-state index contributed by atoms with van der Waals surface area (Å²) in [7, 11) is 0. The summed E-state index contributed by atoms with van der Waals surface area (Å²) in [5.41, 5.74) is 4.95. The molecule has 0 unspecified atom stereocenters. The fraction of sp³-hybridized carbons (Fsp3) is 0.237. The van der Waals surface area contributed by atoms with E-state index in [0.29, 0.717) is 43.8 Å². The maximum Gasteiger partial charge on any atom is 0.307 e. The van der Waals surface area contributed by atoms with E-state index < -0.39 is 42.7 Å². The summed E-state index contributed by atoms with van der Waals surface area (Å²) >= 11 is 2.84. The average Bonchev–Trinajstić information content (AvgIpc) is 3.02. The first-order valence-electron chi connectivity index (χ1n) is 15.1. The van der Waals surface area contributed by atoms with Gasteiger partial charge in [-0.1, -0.05) is 41.7 Å². The summed E-state index contributed by atoms with van der Waals surface area (Å²) in [5.74, 6) is -5.17. The topological polar surface area (TPSA) is 186 Å². The largest absolute Gasteiger partial charge is 0.481 e. The molecule has 50 heavy (non-hydrogen) atoms. The standard InChI is InChI=1S/C24H26O8S.C14H9O2S/c1-11-5-15(7-20(25)26)12(2)19(6-11)33-24-14(4)17(9-22(29)30)16(8-21(27)28)13(3)18(24)10-23(31)32;15-14(16)10-11-6-8-13(9-7-11)17-12-4-2-1-3-5-12/h5-6H,7-10H2,1-4H3,(H,25,26)(H,27,28)(H,29,30)(H,31,32);2,4-6,8-9H,10H2,(H,15,16). The highest BCUT2D eigenvalue weighted by atomic mass is 32.2. The van der Waals surface area contributed by atoms with E-state index in [0.717, 1.165) is 25.8 Å². The lowest BCUT2D eigenvalue weighted by Crippen LogP contribution is -2.16. The predicted octanol–water partition coefficient (Wildman–Crippen LogP) is 6.45. The summed E-state index contributed by atoms with van der Waals surface area (Å²) in [5, 5.41) is 46.2. The molecular weight excluding hydrogens is 681 g/mol. The van der Waals surface area contributed by atoms with Crippen LogP contribution in [0, 0.1) is 45.9 Å². The van der Waals surface area contributed by atoms with Crippen LogP contribution in [0.4, 0.5) is 0 Å². The van der Waals surface area contributed by atoms with Crippen LogP contribution in [0.25, 0.3) is 0 Å². The predicted molar refractivity (Wildman–Crippen MR) is 186 cm³/mol. The Balaban J connectivity index is 0.000000331. The van der Waals surface area contributed by atoms with Crippen LogP contribution in [-0.4, -0.2) is 55.4 Å². The average molecular weight is 716 g/mol. The van der Waals surface area contributed by atoms with Gasteiger partial charge in [-0.2, -0.15) is 0 Å². The van der Waals surface area contributed by atoms with Crippen LogP contribution in [0.1, 0.15) is 50.1 Å². The van der Waals surface area contributed by atoms with Gasteiger partial charge in [0, 0.05) is 19.6 Å². The molecule has 4 aromatic rings. The molecule has 0 aromatic heterocycles. The fourth-order valence-electron chi connectivity index (χ4n) is 5.22. The van der Waals surface area contributed by atoms with E-state index in [9.17, 15) is 44.4 Å². The van der Waals surface area contributed by atoms with Crippen molar-refractivity contribution in [3.05, 3.63) is 117 Å². The summed E-state index contributed by atoms with van der Waals surface area (Å²) in [6, 6.07) is 23.5. The van der Waals surface area contributed by atoms with Gasteiger partial charge in [0.25, 0.3) is 0 Å². The number of aliphatic carboxylic acids is 5. The van der Waals surface area contributed by atoms with Gasteiger partial charge in [-0.05, 0) is 126 Å². The van der Waals surface area contributed by atoms with Crippen molar-refractivity contribution in [2.45, 2.75) is 79.4 Å². The smallest absolute Gasteiger partial charge is 0.307 e. The van der Waals surface area contributed by atoms with Crippen LogP contribution in [0.5, 0.6) is 0 Å². The molecule has 5 N–H and O–H groups in total. The third-order valence-electron chi connectivity index (χ3n) is 7.54. The third-order valence-corrected chi connectivity index (χ3v) is 9.92. The summed E-state index contributed by atoms with van der Waals surface area (Å²) in [6.45, 7) is 6.90. The molecule has 0 aliphatic rings. The zero-order chi connectivity index (χ0) is 37.1. The number of carboxylic acid groups (broad SMARTS) is 5. The van der Waals surface area contributed by atoms with E-state index in [2.05, 4.69) is 18.2 Å². The Morgan fingerprint density at radius 2 is 1.14 bits per heavy atom. The van der Waals surface area contributed by atoms with Crippen molar-refractivity contribution in [2.24, 2.45) is 0 Å². The van der Waals surface area contributed by atoms with Crippen molar-refractivity contribution in [2.75, 3.05) is 0 Å². The summed E-state index contributed by atoms with van der Waals surface area (Å²) < 4.78 is 0. The number of carbonyl (C=O) groups is 5. The molecule has 0 spiro atoms. The van der Waals surface area contributed by atoms with E-state index in [1.807, 2.05) is 37.3 Å². The van der Waals surface area contributed by atoms with E-state index in [1.54, 1.807) is 50.7 Å². The second kappa shape index (κ2) is 18.1. The van der Waals surface area contributed by atoms with Crippen molar-refractivity contribution < 1.29 is 49.5 Å². The van der Waals surface area contributed by atoms with Crippen molar-refractivity contribution in [1.29, 1.82) is 0 Å². The molecule has 4 aromatic carbocycles. The summed E-state index contributed by atoms with van der Waals surface area (Å²) in [4.78, 5) is 59.8. The Labute approximate surface area is 298 Å². The molecule has 0 saturated carbocycles. The fourth-order valence-corrected chi connectivity index (χ4v) is 7.38. The Bertz CT molecular complexity index is 1900. The molecule has 0 aliphatic heterocycles. The van der Waals surface area contributed by atoms with Crippen LogP contribution >= 0.6 is 23.5 Å². The Hall–Kier alpha value is -5.07. The molecule has 0 aliphatic carbocycles. The maximum atomic E-state index is 11.6. The molecule has 0 amide bonds. The second-order valence-corrected chi connectivity index (χ2v) is 13.5. The second-order valence-electron chi connectivity index (χ2n) is 11.3. The molecule has 0 saturated heterocycles. The van der Waals surface area contributed by atoms with Gasteiger partial charge in [0.05, 0.1) is 32.1 Å². The van der Waals surface area contributed by atoms with E-state index >= 15 is 0 Å². The molecule has 12 heteroatoms. The number of aryl methyl sites for hydroxylation is 1. The zero-order valence-corrected chi connectivity index (χ0v) is 29.4. The van der Waals surface area contributed by atoms with Crippen LogP contribution in [0.3, 0.4) is 0 Å². The van der Waals surface area contributed by atoms with Crippen molar-refractivity contribution >= 4 is 53.4 Å². The Morgan fingerprint density at radius 3 is 1.66 bits per heavy atom. The normalized spacial score (nSPS) is 10.6. The van der Waals surface area contributed by atoms with Crippen molar-refractivity contribution in [3.8, 4) is 0 Å². The monoisotopic (exact) mass is 715 g/mol. The minimum atomic E-state index is -1.14. The highest BCUT2D eigenvalue weighted by Crippen LogP contribution is 2.41. The van der Waals surface area contributed by atoms with E-state index in [4.69, 9.17) is 5.11 Å². The number of hydrogen-bond donors (Lipinski definition) is 5. The zero-order valence-electron chi connectivity index (χ0n) is 27.7. The lowest BCUT2D eigenvalue weighted by Gasteiger charge is -2.23. The van der Waals surface area contributed by atoms with Gasteiger partial charge in [0.2, 0.25) is 0 Å². The Morgan fingerprint density at radius 1 is 0.580 bits per heavy atom. The van der Waals surface area contributed by atoms with Crippen LogP contribution in [-0.2, 0) is 56.1 Å². The number of benzene rings is 4. The van der Waals surface area contributed by atoms with Gasteiger partial charge in [0.1, 0.15) is 0 Å². The van der Waals surface area contributed by atoms with Gasteiger partial charge in [-0.3, -0.25) is 24.0 Å². The van der Waals surface area contributed by atoms with Crippen molar-refractivity contribution in [3.63, 3.8) is 0 Å². The van der Waals surface area contributed by atoms with Gasteiger partial charge >= 0.3 is 29.8 Å². The maximum absolute atomic E-state index is 11.6. The summed E-state index contributed by atoms with van der Waals surface area (Å²) in [6.07, 6.45) is -1.32. The first kappa shape index (κ1) is 39.4. The molecule has 0 fully saturated rings. The van der Waals surface area contributed by atoms with E-state index in [1.165, 1.54) is 11.8 Å². The molecule has 0 heterocycles. The highest BCUT2D eigenvalue weighted by molar-refractivity contribution is 7.99. The first-order chi connectivity index (χ1) is 23.5. The van der Waals surface area contributed by atoms with Gasteiger partial charge in [0.15, 0.2) is 0 Å². The highest BCUT2D eigenvalue weighted by Gasteiger charge is 2.25. The van der Waals surface area contributed by atoms with Crippen LogP contribution in [0.2, 0.25) is 0 Å². The van der Waals surface area contributed by atoms with Gasteiger partial charge < -0.3 is 25.5 Å². The van der Waals surface area contributed by atoms with Gasteiger partial charge in [-0.25, -0.2) is 0 Å². The minimum Gasteiger partial charge on any atom is -0.481 e. The molecule has 10 nitrogen and oxygen atoms in total. The Kier molecular flexibility index (Phi) is 14.2. The number of rotatable bonds is 14. The molecule has 4 rings (SSSR count). The number of hydrogen-bond acceptors (Lipinski definition) is 7. The lowest BCUT2D eigenvalue weighted by atomic mass is 9.88. The van der Waals surface area contributed by atoms with Crippen molar-refractivity contribution in [1.82, 2.24) is 0 Å². The first-order valence-corrected chi connectivity index (χ1v) is 16.8. The lowest BCUT2D eigenvalue weighted by molar-refractivity contribution is -0.137. The van der Waals surface area contributed by atoms with Gasteiger partial charge in [-0.15, -0.1) is 0 Å². The minimum absolute atomic E-state index is 0.0129. The molecule has 259 valence electrons. The van der Waals surface area contributed by atoms with Crippen LogP contribution in [0.15, 0.2) is 68.1 Å². The molecule has 3 radical (unpaired) electrons. The number of carboxylic acids is 5. The molecule has 0 bridgehead atoms.